The highest BCUT2D eigenvalue weighted by atomic mass is 19.2. The predicted octanol–water partition coefficient (Wildman–Crippen LogP) is 4.88. The first-order valence-electron chi connectivity index (χ1n) is 8.14. The molecule has 0 radical (unpaired) electrons. The van der Waals surface area contributed by atoms with E-state index in [-0.39, 0.29) is 18.1 Å². The minimum Gasteiger partial charge on any atom is -0.490 e. The largest absolute Gasteiger partial charge is 0.490 e. The molecule has 0 N–H and O–H groups in total. The van der Waals surface area contributed by atoms with Crippen LogP contribution in [0, 0.1) is 23.5 Å². The van der Waals surface area contributed by atoms with E-state index in [1.54, 1.807) is 0 Å². The molecule has 0 atom stereocenters. The molecule has 0 heterocycles. The fourth-order valence-electron chi connectivity index (χ4n) is 2.76. The van der Waals surface area contributed by atoms with Gasteiger partial charge >= 0.3 is 0 Å². The summed E-state index contributed by atoms with van der Waals surface area (Å²) in [6.45, 7) is 0.718. The van der Waals surface area contributed by atoms with Crippen LogP contribution in [0.5, 0.6) is 11.5 Å². The van der Waals surface area contributed by atoms with Crippen LogP contribution >= 0.6 is 0 Å². The summed E-state index contributed by atoms with van der Waals surface area (Å²) in [7, 11) is 0. The highest BCUT2D eigenvalue weighted by molar-refractivity contribution is 5.35. The topological polar surface area (TPSA) is 18.5 Å². The highest BCUT2D eigenvalue weighted by Crippen LogP contribution is 2.32. The third kappa shape index (κ3) is 3.99. The van der Waals surface area contributed by atoms with Gasteiger partial charge in [0.2, 0.25) is 11.6 Å². The Hall–Kier alpha value is -1.58. The van der Waals surface area contributed by atoms with E-state index in [9.17, 15) is 8.78 Å². The summed E-state index contributed by atoms with van der Waals surface area (Å²) in [5.41, 5.74) is 0. The number of hydrogen-bond donors (Lipinski definition) is 0. The van der Waals surface area contributed by atoms with Crippen molar-refractivity contribution in [2.75, 3.05) is 13.2 Å². The Morgan fingerprint density at radius 1 is 0.955 bits per heavy atom. The normalized spacial score (nSPS) is 19.0. The molecule has 0 unspecified atom stereocenters. The van der Waals surface area contributed by atoms with Crippen molar-refractivity contribution < 1.29 is 18.3 Å². The lowest BCUT2D eigenvalue weighted by atomic mass is 10.1. The smallest absolute Gasteiger partial charge is 0.204 e. The number of ether oxygens (including phenoxy) is 2. The van der Waals surface area contributed by atoms with Crippen LogP contribution in [0.3, 0.4) is 0 Å². The molecule has 0 aliphatic heterocycles. The van der Waals surface area contributed by atoms with Gasteiger partial charge in [-0.15, -0.1) is 0 Å². The van der Waals surface area contributed by atoms with Crippen molar-refractivity contribution in [1.82, 2.24) is 0 Å². The van der Waals surface area contributed by atoms with E-state index in [0.717, 1.165) is 12.8 Å². The van der Waals surface area contributed by atoms with Crippen molar-refractivity contribution in [2.45, 2.75) is 38.5 Å². The zero-order valence-corrected chi connectivity index (χ0v) is 12.7. The van der Waals surface area contributed by atoms with E-state index in [0.29, 0.717) is 18.4 Å². The summed E-state index contributed by atoms with van der Waals surface area (Å²) in [5.74, 6) is -0.909. The van der Waals surface area contributed by atoms with Crippen molar-refractivity contribution in [1.29, 1.82) is 0 Å². The molecule has 2 saturated carbocycles. The summed E-state index contributed by atoms with van der Waals surface area (Å²) < 4.78 is 38.4. The van der Waals surface area contributed by atoms with Gasteiger partial charge in [0.05, 0.1) is 6.61 Å². The minimum absolute atomic E-state index is 0.0294. The maximum atomic E-state index is 13.9. The van der Waals surface area contributed by atoms with Gasteiger partial charge in [0.1, 0.15) is 6.61 Å². The second-order valence-electron chi connectivity index (χ2n) is 6.23. The van der Waals surface area contributed by atoms with Gasteiger partial charge < -0.3 is 9.47 Å². The molecule has 1 aromatic rings. The van der Waals surface area contributed by atoms with Gasteiger partial charge in [0.15, 0.2) is 11.5 Å². The van der Waals surface area contributed by atoms with Crippen molar-refractivity contribution >= 4 is 0 Å². The molecule has 0 saturated heterocycles. The lowest BCUT2D eigenvalue weighted by Crippen LogP contribution is -2.04. The molecule has 2 aliphatic carbocycles. The van der Waals surface area contributed by atoms with Crippen molar-refractivity contribution in [3.8, 4) is 11.5 Å². The Balaban J connectivity index is 1.52. The molecule has 0 amide bonds. The molecule has 0 spiro atoms. The number of halogens is 2. The lowest BCUT2D eigenvalue weighted by Gasteiger charge is -2.10. The summed E-state index contributed by atoms with van der Waals surface area (Å²) in [4.78, 5) is 0. The second kappa shape index (κ2) is 7.12. The Labute approximate surface area is 130 Å². The van der Waals surface area contributed by atoms with Gasteiger partial charge in [-0.2, -0.15) is 8.78 Å². The van der Waals surface area contributed by atoms with Crippen molar-refractivity contribution in [3.63, 3.8) is 0 Å². The van der Waals surface area contributed by atoms with Crippen LogP contribution in [-0.2, 0) is 0 Å². The van der Waals surface area contributed by atoms with Gasteiger partial charge in [-0.3, -0.25) is 0 Å². The van der Waals surface area contributed by atoms with Gasteiger partial charge in [-0.05, 0) is 49.7 Å². The molecule has 4 heteroatoms. The molecule has 2 aliphatic rings. The summed E-state index contributed by atoms with van der Waals surface area (Å²) in [6.07, 6.45) is 11.2. The monoisotopic (exact) mass is 308 g/mol. The maximum absolute atomic E-state index is 13.9. The molecular weight excluding hydrogens is 286 g/mol. The zero-order chi connectivity index (χ0) is 15.4. The third-order valence-corrected chi connectivity index (χ3v) is 4.33. The van der Waals surface area contributed by atoms with E-state index in [1.165, 1.54) is 37.8 Å². The van der Waals surface area contributed by atoms with Crippen molar-refractivity contribution in [3.05, 3.63) is 35.9 Å². The number of rotatable bonds is 7. The first-order valence-corrected chi connectivity index (χ1v) is 8.14. The molecule has 0 bridgehead atoms. The van der Waals surface area contributed by atoms with Crippen LogP contribution in [0.4, 0.5) is 8.78 Å². The van der Waals surface area contributed by atoms with Crippen molar-refractivity contribution in [2.24, 2.45) is 11.8 Å². The summed E-state index contributed by atoms with van der Waals surface area (Å²) >= 11 is 0. The number of hydrogen-bond acceptors (Lipinski definition) is 2. The maximum Gasteiger partial charge on any atom is 0.204 e. The fourth-order valence-corrected chi connectivity index (χ4v) is 2.76. The van der Waals surface area contributed by atoms with Crippen LogP contribution in [0.1, 0.15) is 38.5 Å². The fraction of sp³-hybridized carbons (Fsp3) is 0.556. The molecule has 0 aromatic heterocycles. The van der Waals surface area contributed by atoms with E-state index < -0.39 is 11.6 Å². The first kappa shape index (κ1) is 15.3. The van der Waals surface area contributed by atoms with Gasteiger partial charge in [0, 0.05) is 0 Å². The molecule has 3 rings (SSSR count). The highest BCUT2D eigenvalue weighted by Gasteiger charge is 2.23. The van der Waals surface area contributed by atoms with Crippen LogP contribution < -0.4 is 9.47 Å². The molecule has 2 nitrogen and oxygen atoms in total. The van der Waals surface area contributed by atoms with Crippen LogP contribution in [0.25, 0.3) is 0 Å². The molecule has 120 valence electrons. The van der Waals surface area contributed by atoms with E-state index in [2.05, 4.69) is 6.08 Å². The van der Waals surface area contributed by atoms with Gasteiger partial charge in [0.25, 0.3) is 0 Å². The quantitative estimate of drug-likeness (QED) is 0.668. The average Bonchev–Trinajstić information content (AvgIpc) is 3.21. The SMILES string of the molecule is Fc1c(OC/C=C/C2CCCC2)ccc(OCC2CC2)c1F. The molecule has 1 aromatic carbocycles. The molecular formula is C18H22F2O2. The average molecular weight is 308 g/mol. The Morgan fingerprint density at radius 2 is 1.59 bits per heavy atom. The lowest BCUT2D eigenvalue weighted by molar-refractivity contribution is 0.273. The minimum atomic E-state index is -0.970. The Kier molecular flexibility index (Phi) is 4.96. The molecule has 22 heavy (non-hydrogen) atoms. The second-order valence-corrected chi connectivity index (χ2v) is 6.23. The van der Waals surface area contributed by atoms with E-state index in [1.807, 2.05) is 6.08 Å². The molecule has 2 fully saturated rings. The van der Waals surface area contributed by atoms with Gasteiger partial charge in [-0.1, -0.05) is 25.0 Å². The van der Waals surface area contributed by atoms with E-state index >= 15 is 0 Å². The number of allylic oxidation sites excluding steroid dienone is 1. The standard InChI is InChI=1S/C18H22F2O2/c19-17-15(21-11-3-6-13-4-1-2-5-13)9-10-16(18(17)20)22-12-14-7-8-14/h3,6,9-10,13-14H,1-2,4-5,7-8,11-12H2/b6-3+. The van der Waals surface area contributed by atoms with Gasteiger partial charge in [-0.25, -0.2) is 0 Å². The van der Waals surface area contributed by atoms with E-state index in [4.69, 9.17) is 9.47 Å². The Morgan fingerprint density at radius 3 is 2.23 bits per heavy atom. The zero-order valence-electron chi connectivity index (χ0n) is 12.7. The Bertz CT molecular complexity index is 532. The third-order valence-electron chi connectivity index (χ3n) is 4.33. The van der Waals surface area contributed by atoms with Crippen LogP contribution in [-0.4, -0.2) is 13.2 Å². The number of benzene rings is 1. The van der Waals surface area contributed by atoms with Crippen LogP contribution in [0.2, 0.25) is 0 Å². The van der Waals surface area contributed by atoms with Crippen LogP contribution in [0.15, 0.2) is 24.3 Å². The first-order chi connectivity index (χ1) is 10.7. The predicted molar refractivity (Wildman–Crippen MR) is 81.2 cm³/mol. The summed E-state index contributed by atoms with van der Waals surface area (Å²) in [6, 6.07) is 2.88. The summed E-state index contributed by atoms with van der Waals surface area (Å²) in [5, 5.41) is 0.